The van der Waals surface area contributed by atoms with Gasteiger partial charge < -0.3 is 4.90 Å². The normalized spacial score (nSPS) is 12.0. The average Bonchev–Trinajstić information content (AvgIpc) is 3.53. The molecule has 0 saturated heterocycles. The van der Waals surface area contributed by atoms with Gasteiger partial charge in [0.25, 0.3) is 0 Å². The van der Waals surface area contributed by atoms with Gasteiger partial charge in [-0.1, -0.05) is 13.0 Å². The maximum atomic E-state index is 13.2. The Bertz CT molecular complexity index is 1530. The summed E-state index contributed by atoms with van der Waals surface area (Å²) in [5, 5.41) is 17.8. The molecule has 5 rings (SSSR count). The lowest BCUT2D eigenvalue weighted by Crippen LogP contribution is -2.22. The van der Waals surface area contributed by atoms with Gasteiger partial charge in [0.05, 0.1) is 35.7 Å². The van der Waals surface area contributed by atoms with E-state index in [0.29, 0.717) is 11.4 Å². The number of hydrogen-bond donors (Lipinski definition) is 0. The van der Waals surface area contributed by atoms with Crippen LogP contribution in [0.3, 0.4) is 0 Å². The van der Waals surface area contributed by atoms with Crippen LogP contribution in [0.4, 0.5) is 10.2 Å². The van der Waals surface area contributed by atoms with Gasteiger partial charge in [-0.2, -0.15) is 15.5 Å². The number of pyridine rings is 3. The van der Waals surface area contributed by atoms with Crippen LogP contribution in [-0.2, 0) is 6.42 Å². The van der Waals surface area contributed by atoms with E-state index in [1.165, 1.54) is 10.9 Å². The predicted octanol–water partition coefficient (Wildman–Crippen LogP) is 4.75. The fraction of sp³-hybridized carbons (Fsp3) is 0.192. The molecule has 0 bridgehead atoms. The molecule has 35 heavy (non-hydrogen) atoms. The van der Waals surface area contributed by atoms with Crippen LogP contribution >= 0.6 is 0 Å². The largest absolute Gasteiger partial charge is 0.353 e. The minimum absolute atomic E-state index is 0.000551. The highest BCUT2D eigenvalue weighted by atomic mass is 19.1. The third-order valence-corrected chi connectivity index (χ3v) is 6.24. The van der Waals surface area contributed by atoms with Crippen LogP contribution in [0.5, 0.6) is 0 Å². The second kappa shape index (κ2) is 8.99. The van der Waals surface area contributed by atoms with Crippen molar-refractivity contribution >= 4 is 11.3 Å². The number of aromatic nitrogens is 6. The number of rotatable bonds is 6. The van der Waals surface area contributed by atoms with E-state index in [1.54, 1.807) is 16.9 Å². The van der Waals surface area contributed by atoms with E-state index in [0.717, 1.165) is 46.2 Å². The first-order chi connectivity index (χ1) is 17.0. The highest BCUT2D eigenvalue weighted by molar-refractivity contribution is 5.84. The van der Waals surface area contributed by atoms with E-state index >= 15 is 0 Å². The lowest BCUT2D eigenvalue weighted by Gasteiger charge is -2.26. The quantitative estimate of drug-likeness (QED) is 0.359. The van der Waals surface area contributed by atoms with Gasteiger partial charge in [-0.25, -0.2) is 23.6 Å². The molecule has 0 unspecified atom stereocenters. The van der Waals surface area contributed by atoms with Crippen molar-refractivity contribution in [3.8, 4) is 23.0 Å². The number of anilines is 1. The first-order valence-corrected chi connectivity index (χ1v) is 11.2. The average molecular weight is 467 g/mol. The van der Waals surface area contributed by atoms with Crippen molar-refractivity contribution in [2.75, 3.05) is 11.9 Å². The molecule has 0 aliphatic carbocycles. The molecular weight excluding hydrogens is 443 g/mol. The molecule has 0 saturated carbocycles. The highest BCUT2D eigenvalue weighted by Crippen LogP contribution is 2.30. The maximum Gasteiger partial charge on any atom is 0.161 e. The molecule has 0 fully saturated rings. The Labute approximate surface area is 201 Å². The van der Waals surface area contributed by atoms with Crippen LogP contribution in [0.25, 0.3) is 22.5 Å². The van der Waals surface area contributed by atoms with E-state index < -0.39 is 5.82 Å². The Kier molecular flexibility index (Phi) is 5.71. The molecule has 0 aliphatic rings. The van der Waals surface area contributed by atoms with Crippen molar-refractivity contribution < 1.29 is 4.39 Å². The van der Waals surface area contributed by atoms with Crippen molar-refractivity contribution in [3.63, 3.8) is 0 Å². The molecule has 5 aromatic rings. The molecular formula is C26H23FN8. The summed E-state index contributed by atoms with van der Waals surface area (Å²) < 4.78 is 16.4. The molecule has 9 heteroatoms. The van der Waals surface area contributed by atoms with Crippen LogP contribution in [0, 0.1) is 17.1 Å². The monoisotopic (exact) mass is 466 g/mol. The lowest BCUT2D eigenvalue weighted by molar-refractivity contribution is 0.627. The summed E-state index contributed by atoms with van der Waals surface area (Å²) in [6.07, 6.45) is 10.4. The van der Waals surface area contributed by atoms with Gasteiger partial charge in [-0.15, -0.1) is 0 Å². The predicted molar refractivity (Wildman–Crippen MR) is 131 cm³/mol. The minimum atomic E-state index is -0.405. The number of fused-ring (bicyclic) bond motifs is 1. The number of halogens is 1. The van der Waals surface area contributed by atoms with Crippen LogP contribution in [0.2, 0.25) is 0 Å². The van der Waals surface area contributed by atoms with E-state index in [9.17, 15) is 9.65 Å². The molecule has 174 valence electrons. The van der Waals surface area contributed by atoms with E-state index in [-0.39, 0.29) is 6.04 Å². The highest BCUT2D eigenvalue weighted by Gasteiger charge is 2.16. The van der Waals surface area contributed by atoms with Crippen LogP contribution in [0.1, 0.15) is 36.6 Å². The van der Waals surface area contributed by atoms with Gasteiger partial charge in [-0.3, -0.25) is 0 Å². The summed E-state index contributed by atoms with van der Waals surface area (Å²) in [5.74, 6) is 0.945. The molecule has 5 heterocycles. The topological polar surface area (TPSA) is 87.9 Å². The Hall–Kier alpha value is -4.58. The Morgan fingerprint density at radius 3 is 2.54 bits per heavy atom. The molecule has 8 nitrogen and oxygen atoms in total. The zero-order valence-electron chi connectivity index (χ0n) is 19.6. The van der Waals surface area contributed by atoms with Gasteiger partial charge in [0.1, 0.15) is 11.9 Å². The Morgan fingerprint density at radius 2 is 1.91 bits per heavy atom. The Balaban J connectivity index is 1.41. The fourth-order valence-electron chi connectivity index (χ4n) is 4.05. The van der Waals surface area contributed by atoms with Crippen molar-refractivity contribution in [1.29, 1.82) is 5.26 Å². The maximum absolute atomic E-state index is 13.2. The lowest BCUT2D eigenvalue weighted by atomic mass is 10.0. The zero-order chi connectivity index (χ0) is 24.5. The molecule has 0 amide bonds. The summed E-state index contributed by atoms with van der Waals surface area (Å²) in [5.41, 5.74) is 5.29. The zero-order valence-corrected chi connectivity index (χ0v) is 19.6. The SMILES string of the molecule is CCc1cc(-c2ccc(N(C)[C@@H](C)c3ccc(-n4cc(F)cn4)nc3)nc2)c2c(C#N)cnn2c1. The van der Waals surface area contributed by atoms with Gasteiger partial charge in [0, 0.05) is 36.8 Å². The smallest absolute Gasteiger partial charge is 0.161 e. The summed E-state index contributed by atoms with van der Waals surface area (Å²) in [7, 11) is 1.98. The molecule has 1 atom stereocenters. The number of hydrogen-bond acceptors (Lipinski definition) is 6. The van der Waals surface area contributed by atoms with Gasteiger partial charge in [0.2, 0.25) is 0 Å². The standard InChI is InChI=1S/C26H23FN8/c1-4-18-9-23(26-21(10-28)13-31-35(26)15-18)20-6-7-24(29-12-20)33(3)17(2)19-5-8-25(30-11-19)34-16-22(27)14-32-34/h5-9,11-17H,4H2,1-3H3/t17-/m0/s1. The molecule has 5 aromatic heterocycles. The number of nitrogens with zero attached hydrogens (tertiary/aromatic N) is 8. The van der Waals surface area contributed by atoms with Gasteiger partial charge >= 0.3 is 0 Å². The van der Waals surface area contributed by atoms with E-state index in [4.69, 9.17) is 4.98 Å². The van der Waals surface area contributed by atoms with Crippen LogP contribution in [-0.4, -0.2) is 36.4 Å². The van der Waals surface area contributed by atoms with Crippen LogP contribution in [0.15, 0.2) is 67.5 Å². The second-order valence-corrected chi connectivity index (χ2v) is 8.32. The summed E-state index contributed by atoms with van der Waals surface area (Å²) in [4.78, 5) is 11.2. The fourth-order valence-corrected chi connectivity index (χ4v) is 4.05. The second-order valence-electron chi connectivity index (χ2n) is 8.32. The van der Waals surface area contributed by atoms with E-state index in [1.807, 2.05) is 43.7 Å². The molecule has 0 radical (unpaired) electrons. The van der Waals surface area contributed by atoms with Gasteiger partial charge in [-0.05, 0) is 48.7 Å². The molecule has 0 spiro atoms. The third-order valence-electron chi connectivity index (χ3n) is 6.24. The first-order valence-electron chi connectivity index (χ1n) is 11.2. The molecule has 0 N–H and O–H groups in total. The number of nitriles is 1. The van der Waals surface area contributed by atoms with Crippen molar-refractivity contribution in [2.24, 2.45) is 0 Å². The van der Waals surface area contributed by atoms with E-state index in [2.05, 4.69) is 46.1 Å². The summed E-state index contributed by atoms with van der Waals surface area (Å²) >= 11 is 0. The summed E-state index contributed by atoms with van der Waals surface area (Å²) in [6.45, 7) is 4.16. The van der Waals surface area contributed by atoms with Crippen molar-refractivity contribution in [1.82, 2.24) is 29.4 Å². The minimum Gasteiger partial charge on any atom is -0.353 e. The number of aryl methyl sites for hydroxylation is 1. The molecule has 0 aliphatic heterocycles. The molecule has 0 aromatic carbocycles. The van der Waals surface area contributed by atoms with Crippen molar-refractivity contribution in [2.45, 2.75) is 26.3 Å². The van der Waals surface area contributed by atoms with Crippen molar-refractivity contribution in [3.05, 3.63) is 90.0 Å². The third kappa shape index (κ3) is 4.10. The Morgan fingerprint density at radius 1 is 1.06 bits per heavy atom. The summed E-state index contributed by atoms with van der Waals surface area (Å²) in [6, 6.07) is 12.1. The van der Waals surface area contributed by atoms with Crippen LogP contribution < -0.4 is 4.90 Å². The van der Waals surface area contributed by atoms with Gasteiger partial charge in [0.15, 0.2) is 11.6 Å². The first kappa shape index (κ1) is 22.2.